The van der Waals surface area contributed by atoms with E-state index in [4.69, 9.17) is 0 Å². The van der Waals surface area contributed by atoms with Gasteiger partial charge in [0, 0.05) is 24.3 Å². The minimum Gasteiger partial charge on any atom is -0.332 e. The Labute approximate surface area is 190 Å². The van der Waals surface area contributed by atoms with Gasteiger partial charge in [-0.05, 0) is 62.9 Å². The first-order valence-electron chi connectivity index (χ1n) is 10.8. The zero-order chi connectivity index (χ0) is 23.5. The number of rotatable bonds is 7. The van der Waals surface area contributed by atoms with Gasteiger partial charge in [-0.25, -0.2) is 13.1 Å². The predicted octanol–water partition coefficient (Wildman–Crippen LogP) is 3.54. The van der Waals surface area contributed by atoms with Gasteiger partial charge in [0.25, 0.3) is 5.91 Å². The standard InChI is InChI=1S/C24H31N3O4S/c1-16-12-17(2)23(18(3)13-16)25-22(28)15-27(4)24(29)19-8-7-11-21(14-19)32(30,31)26-20-9-5-6-10-20/h7-8,11-14,20,26H,5-6,9-10,15H2,1-4H3,(H,25,28). The molecule has 3 rings (SSSR count). The highest BCUT2D eigenvalue weighted by atomic mass is 32.2. The Morgan fingerprint density at radius 3 is 2.28 bits per heavy atom. The molecule has 7 nitrogen and oxygen atoms in total. The number of benzene rings is 2. The van der Waals surface area contributed by atoms with Crippen LogP contribution in [0.15, 0.2) is 41.3 Å². The van der Waals surface area contributed by atoms with Gasteiger partial charge in [-0.3, -0.25) is 9.59 Å². The van der Waals surface area contributed by atoms with Gasteiger partial charge in [-0.1, -0.05) is 36.6 Å². The van der Waals surface area contributed by atoms with Crippen LogP contribution in [0.3, 0.4) is 0 Å². The minimum atomic E-state index is -3.70. The summed E-state index contributed by atoms with van der Waals surface area (Å²) in [5.74, 6) is -0.738. The summed E-state index contributed by atoms with van der Waals surface area (Å²) in [6, 6.07) is 9.86. The Bertz CT molecular complexity index is 1100. The maximum Gasteiger partial charge on any atom is 0.254 e. The molecular formula is C24H31N3O4S. The van der Waals surface area contributed by atoms with E-state index in [9.17, 15) is 18.0 Å². The van der Waals surface area contributed by atoms with E-state index in [-0.39, 0.29) is 29.0 Å². The molecule has 0 bridgehead atoms. The van der Waals surface area contributed by atoms with Gasteiger partial charge in [-0.15, -0.1) is 0 Å². The molecule has 1 saturated carbocycles. The van der Waals surface area contributed by atoms with Crippen molar-refractivity contribution in [2.45, 2.75) is 57.4 Å². The third-order valence-corrected chi connectivity index (χ3v) is 7.26. The molecule has 0 radical (unpaired) electrons. The number of sulfonamides is 1. The van der Waals surface area contributed by atoms with Crippen LogP contribution in [0.25, 0.3) is 0 Å². The summed E-state index contributed by atoms with van der Waals surface area (Å²) in [4.78, 5) is 26.8. The number of likely N-dealkylation sites (N-methyl/N-ethyl adjacent to an activating group) is 1. The van der Waals surface area contributed by atoms with Gasteiger partial charge in [0.1, 0.15) is 0 Å². The zero-order valence-electron chi connectivity index (χ0n) is 19.1. The predicted molar refractivity (Wildman–Crippen MR) is 125 cm³/mol. The van der Waals surface area contributed by atoms with Crippen molar-refractivity contribution >= 4 is 27.5 Å². The summed E-state index contributed by atoms with van der Waals surface area (Å²) in [5.41, 5.74) is 3.99. The highest BCUT2D eigenvalue weighted by Crippen LogP contribution is 2.23. The number of aryl methyl sites for hydroxylation is 3. The summed E-state index contributed by atoms with van der Waals surface area (Å²) < 4.78 is 28.1. The van der Waals surface area contributed by atoms with Gasteiger partial charge in [0.15, 0.2) is 0 Å². The Morgan fingerprint density at radius 2 is 1.66 bits per heavy atom. The first-order valence-corrected chi connectivity index (χ1v) is 12.3. The van der Waals surface area contributed by atoms with Gasteiger partial charge >= 0.3 is 0 Å². The lowest BCUT2D eigenvalue weighted by molar-refractivity contribution is -0.116. The molecule has 0 aromatic heterocycles. The van der Waals surface area contributed by atoms with Crippen LogP contribution >= 0.6 is 0 Å². The average Bonchev–Trinajstić information content (AvgIpc) is 3.22. The fourth-order valence-corrected chi connectivity index (χ4v) is 5.54. The number of carbonyl (C=O) groups excluding carboxylic acids is 2. The number of hydrogen-bond acceptors (Lipinski definition) is 4. The molecule has 1 aliphatic carbocycles. The molecular weight excluding hydrogens is 426 g/mol. The highest BCUT2D eigenvalue weighted by Gasteiger charge is 2.24. The third kappa shape index (κ3) is 5.75. The van der Waals surface area contributed by atoms with Crippen LogP contribution in [0.4, 0.5) is 5.69 Å². The molecule has 0 atom stereocenters. The number of amides is 2. The Hall–Kier alpha value is -2.71. The van der Waals surface area contributed by atoms with Crippen LogP contribution in [0.2, 0.25) is 0 Å². The lowest BCUT2D eigenvalue weighted by Gasteiger charge is -2.19. The van der Waals surface area contributed by atoms with Crippen molar-refractivity contribution in [2.24, 2.45) is 0 Å². The molecule has 2 amide bonds. The SMILES string of the molecule is Cc1cc(C)c(NC(=O)CN(C)C(=O)c2cccc(S(=O)(=O)NC3CCCC3)c2)c(C)c1. The largest absolute Gasteiger partial charge is 0.332 e. The fourth-order valence-electron chi connectivity index (χ4n) is 4.19. The van der Waals surface area contributed by atoms with Crippen molar-refractivity contribution in [3.05, 3.63) is 58.7 Å². The van der Waals surface area contributed by atoms with Gasteiger partial charge in [-0.2, -0.15) is 0 Å². The van der Waals surface area contributed by atoms with E-state index >= 15 is 0 Å². The maximum atomic E-state index is 12.9. The van der Waals surface area contributed by atoms with E-state index < -0.39 is 15.9 Å². The van der Waals surface area contributed by atoms with E-state index in [1.807, 2.05) is 32.9 Å². The zero-order valence-corrected chi connectivity index (χ0v) is 19.9. The fraction of sp³-hybridized carbons (Fsp3) is 0.417. The number of anilines is 1. The number of carbonyl (C=O) groups is 2. The normalized spacial score (nSPS) is 14.4. The monoisotopic (exact) mass is 457 g/mol. The Kier molecular flexibility index (Phi) is 7.36. The topological polar surface area (TPSA) is 95.6 Å². The van der Waals surface area contributed by atoms with Crippen LogP contribution in [-0.2, 0) is 14.8 Å². The molecule has 0 saturated heterocycles. The first kappa shape index (κ1) is 23.9. The van der Waals surface area contributed by atoms with E-state index in [1.165, 1.54) is 24.1 Å². The average molecular weight is 458 g/mol. The molecule has 0 aliphatic heterocycles. The van der Waals surface area contributed by atoms with E-state index in [2.05, 4.69) is 10.0 Å². The molecule has 2 aromatic rings. The van der Waals surface area contributed by atoms with Gasteiger partial charge in [0.2, 0.25) is 15.9 Å². The number of nitrogens with zero attached hydrogens (tertiary/aromatic N) is 1. The van der Waals surface area contributed by atoms with Crippen molar-refractivity contribution in [3.8, 4) is 0 Å². The minimum absolute atomic E-state index is 0.0546. The molecule has 0 heterocycles. The highest BCUT2D eigenvalue weighted by molar-refractivity contribution is 7.89. The van der Waals surface area contributed by atoms with E-state index in [1.54, 1.807) is 12.1 Å². The first-order chi connectivity index (χ1) is 15.1. The summed E-state index contributed by atoms with van der Waals surface area (Å²) in [5, 5.41) is 2.88. The number of nitrogens with one attached hydrogen (secondary N) is 2. The molecule has 8 heteroatoms. The summed E-state index contributed by atoms with van der Waals surface area (Å²) in [6.07, 6.45) is 3.69. The summed E-state index contributed by atoms with van der Waals surface area (Å²) >= 11 is 0. The van der Waals surface area contributed by atoms with E-state index in [0.29, 0.717) is 0 Å². The molecule has 2 aromatic carbocycles. The van der Waals surface area contributed by atoms with Crippen LogP contribution in [0.5, 0.6) is 0 Å². The number of hydrogen-bond donors (Lipinski definition) is 2. The maximum absolute atomic E-state index is 12.9. The lowest BCUT2D eigenvalue weighted by Crippen LogP contribution is -2.35. The summed E-state index contributed by atoms with van der Waals surface area (Å²) in [6.45, 7) is 5.70. The second kappa shape index (κ2) is 9.83. The molecule has 32 heavy (non-hydrogen) atoms. The van der Waals surface area contributed by atoms with Gasteiger partial charge in [0.05, 0.1) is 11.4 Å². The molecule has 0 unspecified atom stereocenters. The van der Waals surface area contributed by atoms with Crippen LogP contribution in [-0.4, -0.2) is 44.8 Å². The third-order valence-electron chi connectivity index (χ3n) is 5.74. The van der Waals surface area contributed by atoms with Crippen molar-refractivity contribution in [1.82, 2.24) is 9.62 Å². The molecule has 2 N–H and O–H groups in total. The van der Waals surface area contributed by atoms with E-state index in [0.717, 1.165) is 48.1 Å². The smallest absolute Gasteiger partial charge is 0.254 e. The van der Waals surface area contributed by atoms with Crippen LogP contribution in [0.1, 0.15) is 52.7 Å². The Morgan fingerprint density at radius 1 is 1.03 bits per heavy atom. The quantitative estimate of drug-likeness (QED) is 0.665. The molecule has 1 fully saturated rings. The Balaban J connectivity index is 1.68. The van der Waals surface area contributed by atoms with Crippen molar-refractivity contribution in [2.75, 3.05) is 18.9 Å². The summed E-state index contributed by atoms with van der Waals surface area (Å²) in [7, 11) is -2.18. The van der Waals surface area contributed by atoms with Gasteiger partial charge < -0.3 is 10.2 Å². The van der Waals surface area contributed by atoms with Crippen LogP contribution < -0.4 is 10.0 Å². The second-order valence-corrected chi connectivity index (χ2v) is 10.3. The second-order valence-electron chi connectivity index (χ2n) is 8.61. The van der Waals surface area contributed by atoms with Crippen LogP contribution in [0, 0.1) is 20.8 Å². The van der Waals surface area contributed by atoms with Crippen molar-refractivity contribution in [1.29, 1.82) is 0 Å². The lowest BCUT2D eigenvalue weighted by atomic mass is 10.1. The molecule has 0 spiro atoms. The molecule has 172 valence electrons. The van der Waals surface area contributed by atoms with Crippen molar-refractivity contribution < 1.29 is 18.0 Å². The van der Waals surface area contributed by atoms with Crippen molar-refractivity contribution in [3.63, 3.8) is 0 Å². The molecule has 1 aliphatic rings.